The summed E-state index contributed by atoms with van der Waals surface area (Å²) in [5, 5.41) is 18.0. The molecule has 0 atom stereocenters. The van der Waals surface area contributed by atoms with Crippen molar-refractivity contribution in [1.82, 2.24) is 9.55 Å². The fourth-order valence-electron chi connectivity index (χ4n) is 2.75. The van der Waals surface area contributed by atoms with Crippen LogP contribution in [0.25, 0.3) is 16.7 Å². The summed E-state index contributed by atoms with van der Waals surface area (Å²) in [6.45, 7) is 0. The van der Waals surface area contributed by atoms with Gasteiger partial charge in [0.15, 0.2) is 0 Å². The van der Waals surface area contributed by atoms with Crippen molar-refractivity contribution in [3.05, 3.63) is 84.2 Å². The summed E-state index contributed by atoms with van der Waals surface area (Å²) in [6, 6.07) is 21.1. The van der Waals surface area contributed by atoms with Crippen molar-refractivity contribution in [3.63, 3.8) is 0 Å². The zero-order valence-corrected chi connectivity index (χ0v) is 14.0. The highest BCUT2D eigenvalue weighted by Gasteiger charge is 2.09. The highest BCUT2D eigenvalue weighted by atomic mass is 16.5. The molecule has 1 N–H and O–H groups in total. The van der Waals surface area contributed by atoms with Crippen LogP contribution in [-0.2, 0) is 0 Å². The molecule has 130 valence electrons. The first kappa shape index (κ1) is 16.4. The van der Waals surface area contributed by atoms with Gasteiger partial charge >= 0.3 is 5.97 Å². The van der Waals surface area contributed by atoms with Gasteiger partial charge in [0.1, 0.15) is 17.8 Å². The van der Waals surface area contributed by atoms with Crippen molar-refractivity contribution in [2.45, 2.75) is 0 Å². The lowest BCUT2D eigenvalue weighted by Gasteiger charge is -2.08. The van der Waals surface area contributed by atoms with Gasteiger partial charge in [-0.1, -0.05) is 0 Å². The summed E-state index contributed by atoms with van der Waals surface area (Å²) < 4.78 is 7.60. The van der Waals surface area contributed by atoms with Crippen molar-refractivity contribution in [2.24, 2.45) is 0 Å². The van der Waals surface area contributed by atoms with Gasteiger partial charge in [0, 0.05) is 5.69 Å². The van der Waals surface area contributed by atoms with E-state index in [-0.39, 0.29) is 5.56 Å². The van der Waals surface area contributed by atoms with E-state index in [4.69, 9.17) is 10.00 Å². The largest absolute Gasteiger partial charge is 0.478 e. The summed E-state index contributed by atoms with van der Waals surface area (Å²) in [4.78, 5) is 15.5. The maximum Gasteiger partial charge on any atom is 0.335 e. The lowest BCUT2D eigenvalue weighted by atomic mass is 10.2. The molecule has 0 bridgehead atoms. The number of carboxylic acid groups (broad SMARTS) is 1. The molecular weight excluding hydrogens is 342 g/mol. The van der Waals surface area contributed by atoms with Gasteiger partial charge in [-0.3, -0.25) is 4.57 Å². The molecule has 4 aromatic rings. The first-order valence-corrected chi connectivity index (χ1v) is 8.13. The highest BCUT2D eigenvalue weighted by molar-refractivity contribution is 5.92. The number of carboxylic acids is 1. The lowest BCUT2D eigenvalue weighted by molar-refractivity contribution is 0.0697. The molecule has 27 heavy (non-hydrogen) atoms. The Morgan fingerprint density at radius 1 is 1.00 bits per heavy atom. The van der Waals surface area contributed by atoms with Gasteiger partial charge in [-0.05, 0) is 66.7 Å². The Balaban J connectivity index is 1.62. The fourth-order valence-corrected chi connectivity index (χ4v) is 2.75. The zero-order valence-electron chi connectivity index (χ0n) is 14.0. The van der Waals surface area contributed by atoms with Crippen LogP contribution in [0.4, 0.5) is 0 Å². The number of imidazole rings is 1. The maximum atomic E-state index is 11.2. The van der Waals surface area contributed by atoms with E-state index in [1.54, 1.807) is 42.7 Å². The van der Waals surface area contributed by atoms with E-state index < -0.39 is 5.97 Å². The van der Waals surface area contributed by atoms with E-state index in [1.807, 2.05) is 28.8 Å². The predicted molar refractivity (Wildman–Crippen MR) is 99.3 cm³/mol. The molecule has 6 heteroatoms. The fraction of sp³-hybridized carbons (Fsp3) is 0. The number of aromatic nitrogens is 2. The molecule has 0 saturated heterocycles. The molecule has 3 aromatic carbocycles. The third-order valence-electron chi connectivity index (χ3n) is 4.13. The SMILES string of the molecule is N#Cc1ccc(Oc2ccc(-n3cnc4ccc(C(=O)O)cc43)cc2)cc1. The molecule has 0 aliphatic heterocycles. The smallest absolute Gasteiger partial charge is 0.335 e. The molecule has 4 rings (SSSR count). The topological polar surface area (TPSA) is 88.1 Å². The van der Waals surface area contributed by atoms with Crippen LogP contribution in [0.5, 0.6) is 11.5 Å². The minimum absolute atomic E-state index is 0.213. The summed E-state index contributed by atoms with van der Waals surface area (Å²) in [5.74, 6) is 0.316. The Labute approximate surface area is 154 Å². The van der Waals surface area contributed by atoms with E-state index in [1.165, 1.54) is 6.07 Å². The van der Waals surface area contributed by atoms with Crippen LogP contribution in [0.1, 0.15) is 15.9 Å². The average molecular weight is 355 g/mol. The quantitative estimate of drug-likeness (QED) is 0.586. The molecule has 1 aromatic heterocycles. The van der Waals surface area contributed by atoms with Gasteiger partial charge < -0.3 is 9.84 Å². The van der Waals surface area contributed by atoms with Crippen LogP contribution in [-0.4, -0.2) is 20.6 Å². The number of ether oxygens (including phenoxy) is 1. The van der Waals surface area contributed by atoms with E-state index in [0.717, 1.165) is 16.7 Å². The number of nitriles is 1. The van der Waals surface area contributed by atoms with E-state index >= 15 is 0 Å². The van der Waals surface area contributed by atoms with E-state index in [2.05, 4.69) is 11.1 Å². The van der Waals surface area contributed by atoms with Crippen molar-refractivity contribution in [1.29, 1.82) is 5.26 Å². The second kappa shape index (κ2) is 6.65. The summed E-state index contributed by atoms with van der Waals surface area (Å²) >= 11 is 0. The van der Waals surface area contributed by atoms with E-state index in [0.29, 0.717) is 17.1 Å². The first-order valence-electron chi connectivity index (χ1n) is 8.13. The maximum absolute atomic E-state index is 11.2. The summed E-state index contributed by atoms with van der Waals surface area (Å²) in [6.07, 6.45) is 1.66. The molecule has 6 nitrogen and oxygen atoms in total. The third kappa shape index (κ3) is 3.22. The number of benzene rings is 3. The molecular formula is C21H13N3O3. The molecule has 0 fully saturated rings. The Kier molecular flexibility index (Phi) is 4.03. The second-order valence-electron chi connectivity index (χ2n) is 5.86. The van der Waals surface area contributed by atoms with Gasteiger partial charge in [-0.2, -0.15) is 5.26 Å². The summed E-state index contributed by atoms with van der Waals surface area (Å²) in [7, 11) is 0. The van der Waals surface area contributed by atoms with Crippen molar-refractivity contribution in [3.8, 4) is 23.3 Å². The van der Waals surface area contributed by atoms with Gasteiger partial charge in [0.2, 0.25) is 0 Å². The molecule has 0 saturated carbocycles. The second-order valence-corrected chi connectivity index (χ2v) is 5.86. The Morgan fingerprint density at radius 2 is 1.67 bits per heavy atom. The van der Waals surface area contributed by atoms with Gasteiger partial charge in [-0.25, -0.2) is 9.78 Å². The van der Waals surface area contributed by atoms with Crippen LogP contribution >= 0.6 is 0 Å². The highest BCUT2D eigenvalue weighted by Crippen LogP contribution is 2.25. The van der Waals surface area contributed by atoms with Crippen LogP contribution in [0.2, 0.25) is 0 Å². The van der Waals surface area contributed by atoms with E-state index in [9.17, 15) is 9.90 Å². The summed E-state index contributed by atoms with van der Waals surface area (Å²) in [5.41, 5.74) is 3.07. The number of nitrogens with zero attached hydrogens (tertiary/aromatic N) is 3. The molecule has 0 aliphatic rings. The van der Waals surface area contributed by atoms with Gasteiger partial charge in [0.25, 0.3) is 0 Å². The van der Waals surface area contributed by atoms with Crippen LogP contribution in [0.3, 0.4) is 0 Å². The predicted octanol–water partition coefficient (Wildman–Crippen LogP) is 4.39. The molecule has 1 heterocycles. The number of rotatable bonds is 4. The van der Waals surface area contributed by atoms with Crippen LogP contribution < -0.4 is 4.74 Å². The number of aromatic carboxylic acids is 1. The van der Waals surface area contributed by atoms with Crippen LogP contribution in [0, 0.1) is 11.3 Å². The third-order valence-corrected chi connectivity index (χ3v) is 4.13. The lowest BCUT2D eigenvalue weighted by Crippen LogP contribution is -1.97. The molecule has 0 radical (unpaired) electrons. The van der Waals surface area contributed by atoms with Gasteiger partial charge in [-0.15, -0.1) is 0 Å². The standard InChI is InChI=1S/C21H13N3O3/c22-12-14-1-6-17(7-2-14)27-18-8-4-16(5-9-18)24-13-23-19-10-3-15(21(25)26)11-20(19)24/h1-11,13H,(H,25,26). The normalized spacial score (nSPS) is 10.5. The molecule has 0 amide bonds. The Morgan fingerprint density at radius 3 is 2.30 bits per heavy atom. The zero-order chi connectivity index (χ0) is 18.8. The minimum atomic E-state index is -0.976. The van der Waals surface area contributed by atoms with Crippen molar-refractivity contribution in [2.75, 3.05) is 0 Å². The van der Waals surface area contributed by atoms with Crippen molar-refractivity contribution >= 4 is 17.0 Å². The Hall–Kier alpha value is -4.11. The number of carbonyl (C=O) groups is 1. The van der Waals surface area contributed by atoms with Crippen molar-refractivity contribution < 1.29 is 14.6 Å². The van der Waals surface area contributed by atoms with Gasteiger partial charge in [0.05, 0.1) is 28.2 Å². The molecule has 0 aliphatic carbocycles. The number of hydrogen-bond donors (Lipinski definition) is 1. The Bertz CT molecular complexity index is 1170. The monoisotopic (exact) mass is 355 g/mol. The molecule has 0 unspecified atom stereocenters. The number of fused-ring (bicyclic) bond motifs is 1. The van der Waals surface area contributed by atoms with Crippen LogP contribution in [0.15, 0.2) is 73.1 Å². The number of hydrogen-bond acceptors (Lipinski definition) is 4. The first-order chi connectivity index (χ1) is 13.1. The average Bonchev–Trinajstić information content (AvgIpc) is 3.12. The minimum Gasteiger partial charge on any atom is -0.478 e. The molecule has 0 spiro atoms.